The number of likely N-dealkylation sites (tertiary alicyclic amines) is 1. The maximum absolute atomic E-state index is 12.5. The number of aromatic nitrogens is 1. The molecule has 2 aliphatic rings. The molecule has 5 rings (SSSR count). The molecule has 0 aliphatic carbocycles. The molecule has 0 saturated carbocycles. The number of nitrogens with zero attached hydrogens (tertiary/aromatic N) is 3. The Kier molecular flexibility index (Phi) is 10.3. The number of ether oxygens (including phenoxy) is 2. The van der Waals surface area contributed by atoms with Crippen molar-refractivity contribution in [2.75, 3.05) is 37.7 Å². The molecule has 0 bridgehead atoms. The summed E-state index contributed by atoms with van der Waals surface area (Å²) in [4.78, 5) is 22.2. The van der Waals surface area contributed by atoms with Crippen LogP contribution in [0.5, 0.6) is 5.88 Å². The Morgan fingerprint density at radius 1 is 1.02 bits per heavy atom. The lowest BCUT2D eigenvalue weighted by Crippen LogP contribution is -2.43. The third-order valence-corrected chi connectivity index (χ3v) is 9.07. The molecular weight excluding hydrogens is 546 g/mol. The zero-order valence-electron chi connectivity index (χ0n) is 26.9. The van der Waals surface area contributed by atoms with Crippen molar-refractivity contribution < 1.29 is 14.3 Å². The van der Waals surface area contributed by atoms with Crippen molar-refractivity contribution in [3.05, 3.63) is 107 Å². The van der Waals surface area contributed by atoms with E-state index >= 15 is 0 Å². The van der Waals surface area contributed by atoms with Crippen LogP contribution in [-0.4, -0.2) is 54.6 Å². The number of hydrogen-bond donors (Lipinski definition) is 0. The zero-order chi connectivity index (χ0) is 31.2. The summed E-state index contributed by atoms with van der Waals surface area (Å²) >= 11 is 0. The molecule has 0 N–H and O–H groups in total. The number of ketones is 1. The summed E-state index contributed by atoms with van der Waals surface area (Å²) in [6.45, 7) is 21.5. The number of rotatable bonds is 13. The predicted molar refractivity (Wildman–Crippen MR) is 180 cm³/mol. The third-order valence-electron chi connectivity index (χ3n) is 9.07. The first kappa shape index (κ1) is 31.7. The van der Waals surface area contributed by atoms with Crippen LogP contribution in [0.1, 0.15) is 83.8 Å². The number of allylic oxidation sites excluding steroid dienone is 1. The van der Waals surface area contributed by atoms with Gasteiger partial charge in [0, 0.05) is 60.7 Å². The molecule has 3 aromatic rings. The Balaban J connectivity index is 1.19. The normalized spacial score (nSPS) is 17.1. The summed E-state index contributed by atoms with van der Waals surface area (Å²) in [5, 5.41) is 0. The number of Topliss-reactive ketones (excluding diaryl/α,β-unsaturated/α-hetero) is 1. The van der Waals surface area contributed by atoms with Crippen LogP contribution in [-0.2, 0) is 11.3 Å². The Hall–Kier alpha value is -3.74. The first-order valence-corrected chi connectivity index (χ1v) is 16.0. The SMILES string of the molecule is C=C(C)c1ccc(COc2cccc(C3CCN(CC(=C)N(CC4CCO4)c4cc(C(=O)CC)ccc4C)CC3)n2)c(C)c1. The number of aryl methyl sites for hydroxylation is 2. The first-order chi connectivity index (χ1) is 21.2. The Bertz CT molecular complexity index is 1500. The molecule has 2 aliphatic heterocycles. The molecule has 1 unspecified atom stereocenters. The van der Waals surface area contributed by atoms with E-state index < -0.39 is 0 Å². The monoisotopic (exact) mass is 593 g/mol. The second kappa shape index (κ2) is 14.4. The standard InChI is InChI=1S/C38H47N3O3/c1-7-37(42)32-12-11-27(4)36(22-32)41(24-34-17-20-43-34)29(6)23-40-18-15-30(16-19-40)35-9-8-10-38(39-35)44-25-33-14-13-31(26(2)3)21-28(33)5/h8-14,21-22,30,34H,2,6-7,15-20,23-25H2,1,3-5H3. The van der Waals surface area contributed by atoms with Gasteiger partial charge in [0.05, 0.1) is 6.10 Å². The fourth-order valence-corrected chi connectivity index (χ4v) is 6.05. The van der Waals surface area contributed by atoms with Crippen LogP contribution in [0.25, 0.3) is 5.57 Å². The van der Waals surface area contributed by atoms with E-state index in [1.54, 1.807) is 0 Å². The van der Waals surface area contributed by atoms with Gasteiger partial charge in [-0.1, -0.05) is 62.1 Å². The second-order valence-electron chi connectivity index (χ2n) is 12.4. The lowest BCUT2D eigenvalue weighted by molar-refractivity contribution is -0.0439. The molecule has 1 aromatic heterocycles. The summed E-state index contributed by atoms with van der Waals surface area (Å²) in [6.07, 6.45) is 3.82. The van der Waals surface area contributed by atoms with E-state index in [4.69, 9.17) is 14.5 Å². The van der Waals surface area contributed by atoms with E-state index in [0.29, 0.717) is 24.8 Å². The quantitative estimate of drug-likeness (QED) is 0.188. The lowest BCUT2D eigenvalue weighted by Gasteiger charge is -2.38. The van der Waals surface area contributed by atoms with E-state index in [2.05, 4.69) is 73.2 Å². The minimum absolute atomic E-state index is 0.161. The summed E-state index contributed by atoms with van der Waals surface area (Å²) in [5.74, 6) is 1.24. The first-order valence-electron chi connectivity index (χ1n) is 16.0. The van der Waals surface area contributed by atoms with Gasteiger partial charge < -0.3 is 14.4 Å². The number of anilines is 1. The van der Waals surface area contributed by atoms with Crippen molar-refractivity contribution in [2.24, 2.45) is 0 Å². The minimum atomic E-state index is 0.161. The van der Waals surface area contributed by atoms with Crippen molar-refractivity contribution >= 4 is 17.0 Å². The van der Waals surface area contributed by atoms with Crippen LogP contribution in [0.4, 0.5) is 5.69 Å². The molecule has 44 heavy (non-hydrogen) atoms. The van der Waals surface area contributed by atoms with Gasteiger partial charge in [-0.25, -0.2) is 4.98 Å². The van der Waals surface area contributed by atoms with Crippen molar-refractivity contribution in [1.82, 2.24) is 9.88 Å². The molecule has 2 fully saturated rings. The van der Waals surface area contributed by atoms with Crippen molar-refractivity contribution in [3.8, 4) is 5.88 Å². The van der Waals surface area contributed by atoms with Crippen LogP contribution in [0, 0.1) is 13.8 Å². The average Bonchev–Trinajstić information content (AvgIpc) is 3.00. The highest BCUT2D eigenvalue weighted by molar-refractivity contribution is 5.97. The van der Waals surface area contributed by atoms with Crippen LogP contribution in [0.15, 0.2) is 73.5 Å². The van der Waals surface area contributed by atoms with Crippen LogP contribution >= 0.6 is 0 Å². The van der Waals surface area contributed by atoms with Gasteiger partial charge in [-0.2, -0.15) is 0 Å². The van der Waals surface area contributed by atoms with E-state index in [-0.39, 0.29) is 11.9 Å². The molecule has 2 aromatic carbocycles. The molecular formula is C38H47N3O3. The number of benzene rings is 2. The summed E-state index contributed by atoms with van der Waals surface area (Å²) < 4.78 is 12.0. The zero-order valence-corrected chi connectivity index (χ0v) is 26.9. The minimum Gasteiger partial charge on any atom is -0.473 e. The number of piperidine rings is 1. The number of hydrogen-bond acceptors (Lipinski definition) is 6. The van der Waals surface area contributed by atoms with Gasteiger partial charge in [0.25, 0.3) is 0 Å². The molecule has 0 radical (unpaired) electrons. The largest absolute Gasteiger partial charge is 0.473 e. The number of carbonyl (C=O) groups excluding carboxylic acids is 1. The van der Waals surface area contributed by atoms with Crippen LogP contribution < -0.4 is 9.64 Å². The Labute approximate surface area is 263 Å². The van der Waals surface area contributed by atoms with E-state index in [1.165, 1.54) is 5.56 Å². The highest BCUT2D eigenvalue weighted by atomic mass is 16.5. The molecule has 6 nitrogen and oxygen atoms in total. The second-order valence-corrected chi connectivity index (χ2v) is 12.4. The summed E-state index contributed by atoms with van der Waals surface area (Å²) in [5.41, 5.74) is 9.70. The van der Waals surface area contributed by atoms with Gasteiger partial charge in [-0.3, -0.25) is 9.69 Å². The van der Waals surface area contributed by atoms with Gasteiger partial charge in [0.1, 0.15) is 6.61 Å². The van der Waals surface area contributed by atoms with Crippen molar-refractivity contribution in [1.29, 1.82) is 0 Å². The number of pyridine rings is 1. The maximum atomic E-state index is 12.5. The highest BCUT2D eigenvalue weighted by Gasteiger charge is 2.27. The van der Waals surface area contributed by atoms with E-state index in [0.717, 1.165) is 97.0 Å². The average molecular weight is 594 g/mol. The summed E-state index contributed by atoms with van der Waals surface area (Å²) in [7, 11) is 0. The Morgan fingerprint density at radius 2 is 1.77 bits per heavy atom. The van der Waals surface area contributed by atoms with Crippen LogP contribution in [0.2, 0.25) is 0 Å². The lowest BCUT2D eigenvalue weighted by atomic mass is 9.93. The Morgan fingerprint density at radius 3 is 2.43 bits per heavy atom. The van der Waals surface area contributed by atoms with Crippen molar-refractivity contribution in [2.45, 2.75) is 72.0 Å². The predicted octanol–water partition coefficient (Wildman–Crippen LogP) is 7.89. The van der Waals surface area contributed by atoms with Gasteiger partial charge in [-0.15, -0.1) is 0 Å². The highest BCUT2D eigenvalue weighted by Crippen LogP contribution is 2.31. The molecule has 0 spiro atoms. The van der Waals surface area contributed by atoms with Gasteiger partial charge >= 0.3 is 0 Å². The molecule has 232 valence electrons. The fraction of sp³-hybridized carbons (Fsp3) is 0.421. The molecule has 0 amide bonds. The van der Waals surface area contributed by atoms with Crippen molar-refractivity contribution in [3.63, 3.8) is 0 Å². The van der Waals surface area contributed by atoms with Crippen LogP contribution in [0.3, 0.4) is 0 Å². The van der Waals surface area contributed by atoms with E-state index in [1.807, 2.05) is 32.0 Å². The van der Waals surface area contributed by atoms with Gasteiger partial charge in [0.2, 0.25) is 5.88 Å². The fourth-order valence-electron chi connectivity index (χ4n) is 6.05. The molecule has 6 heteroatoms. The van der Waals surface area contributed by atoms with Gasteiger partial charge in [0.15, 0.2) is 5.78 Å². The van der Waals surface area contributed by atoms with E-state index in [9.17, 15) is 4.79 Å². The summed E-state index contributed by atoms with van der Waals surface area (Å²) in [6, 6.07) is 18.6. The molecule has 3 heterocycles. The molecule has 1 atom stereocenters. The third kappa shape index (κ3) is 7.66. The van der Waals surface area contributed by atoms with Gasteiger partial charge in [-0.05, 0) is 87.5 Å². The smallest absolute Gasteiger partial charge is 0.213 e. The maximum Gasteiger partial charge on any atom is 0.213 e. The topological polar surface area (TPSA) is 54.9 Å². The molecule has 2 saturated heterocycles. The number of carbonyl (C=O) groups is 1.